The van der Waals surface area contributed by atoms with Crippen molar-refractivity contribution in [2.75, 3.05) is 0 Å². The number of hydrogen-bond acceptors (Lipinski definition) is 1. The lowest BCUT2D eigenvalue weighted by Gasteiger charge is -2.28. The smallest absolute Gasteiger partial charge is 0.166 e. The predicted octanol–water partition coefficient (Wildman–Crippen LogP) is 1.38. The lowest BCUT2D eigenvalue weighted by atomic mass is 9.94. The van der Waals surface area contributed by atoms with E-state index in [1.807, 2.05) is 0 Å². The Morgan fingerprint density at radius 1 is 1.54 bits per heavy atom. The van der Waals surface area contributed by atoms with Crippen LogP contribution in [0.1, 0.15) is 26.2 Å². The Bertz CT molecular complexity index is 227. The van der Waals surface area contributed by atoms with Gasteiger partial charge in [0.25, 0.3) is 0 Å². The first kappa shape index (κ1) is 9.68. The molecule has 0 aromatic rings. The first-order valence-electron chi connectivity index (χ1n) is 5.46. The molecule has 2 saturated carbocycles. The lowest BCUT2D eigenvalue weighted by molar-refractivity contribution is 0.509. The van der Waals surface area contributed by atoms with Gasteiger partial charge in [0.15, 0.2) is 9.04 Å². The van der Waals surface area contributed by atoms with Crippen LogP contribution < -0.4 is 0 Å². The van der Waals surface area contributed by atoms with Crippen LogP contribution in [0.4, 0.5) is 0 Å². The van der Waals surface area contributed by atoms with E-state index in [2.05, 4.69) is 19.5 Å². The van der Waals surface area contributed by atoms with Gasteiger partial charge in [-0.1, -0.05) is 11.6 Å². The van der Waals surface area contributed by atoms with Crippen molar-refractivity contribution in [3.8, 4) is 0 Å². The molecule has 2 aliphatic rings. The molecule has 3 heteroatoms. The minimum atomic E-state index is -0.861. The van der Waals surface area contributed by atoms with Crippen LogP contribution in [0.15, 0.2) is 11.6 Å². The van der Waals surface area contributed by atoms with E-state index in [9.17, 15) is 0 Å². The van der Waals surface area contributed by atoms with Crippen LogP contribution in [0.2, 0.25) is 12.1 Å². The summed E-state index contributed by atoms with van der Waals surface area (Å²) in [4.78, 5) is 0. The number of rotatable bonds is 2. The van der Waals surface area contributed by atoms with E-state index in [0.29, 0.717) is 0 Å². The Kier molecular flexibility index (Phi) is 2.76. The van der Waals surface area contributed by atoms with Gasteiger partial charge in [-0.25, -0.2) is 0 Å². The quantitative estimate of drug-likeness (QED) is 0.496. The van der Waals surface area contributed by atoms with Gasteiger partial charge >= 0.3 is 0 Å². The maximum atomic E-state index is 5.76. The fourth-order valence-electron chi connectivity index (χ4n) is 3.42. The minimum absolute atomic E-state index is 0.861. The third kappa shape index (κ3) is 1.47. The summed E-state index contributed by atoms with van der Waals surface area (Å²) in [6.45, 7) is 4.61. The van der Waals surface area contributed by atoms with Crippen molar-refractivity contribution < 1.29 is 4.12 Å². The van der Waals surface area contributed by atoms with E-state index >= 15 is 0 Å². The van der Waals surface area contributed by atoms with E-state index in [-0.39, 0.29) is 0 Å². The monoisotopic (exact) mass is 212 g/mol. The minimum Gasteiger partial charge on any atom is -0.465 e. The van der Waals surface area contributed by atoms with Gasteiger partial charge in [0.1, 0.15) is 10.5 Å². The molecule has 0 N–H and O–H groups in total. The second kappa shape index (κ2) is 3.71. The highest BCUT2D eigenvalue weighted by atomic mass is 28.3. The van der Waals surface area contributed by atoms with Crippen LogP contribution in [0, 0.1) is 11.8 Å². The average Bonchev–Trinajstić information content (AvgIpc) is 2.74. The van der Waals surface area contributed by atoms with Crippen molar-refractivity contribution in [1.82, 2.24) is 0 Å². The molecular formula is C10H20OSi2. The summed E-state index contributed by atoms with van der Waals surface area (Å²) in [5.41, 5.74) is 2.67. The summed E-state index contributed by atoms with van der Waals surface area (Å²) in [6.07, 6.45) is 6.81. The standard InChI is InChI=1S/C10H20OSi2/c1-3-9-7-4-5-8(6-7)10(9)13(2)11-12/h3,7-8,10,13H,4-6H2,1-2,12H3. The fraction of sp³-hybridized carbons (Fsp3) is 0.800. The third-order valence-electron chi connectivity index (χ3n) is 4.05. The molecule has 74 valence electrons. The molecule has 0 aromatic carbocycles. The molecule has 0 spiro atoms. The molecule has 0 radical (unpaired) electrons. The number of hydrogen-bond donors (Lipinski definition) is 0. The highest BCUT2D eigenvalue weighted by molar-refractivity contribution is 6.56. The van der Waals surface area contributed by atoms with Gasteiger partial charge < -0.3 is 4.12 Å². The topological polar surface area (TPSA) is 9.23 Å². The first-order valence-corrected chi connectivity index (χ1v) is 8.57. The SMILES string of the molecule is CC=C1C2CCC(C2)C1[SiH](C)O[SiH3]. The van der Waals surface area contributed by atoms with E-state index in [4.69, 9.17) is 4.12 Å². The van der Waals surface area contributed by atoms with Gasteiger partial charge in [0.2, 0.25) is 0 Å². The summed E-state index contributed by atoms with van der Waals surface area (Å²) in [5, 5.41) is 0. The van der Waals surface area contributed by atoms with Crippen LogP contribution in [0.3, 0.4) is 0 Å². The van der Waals surface area contributed by atoms with Gasteiger partial charge in [0, 0.05) is 0 Å². The Hall–Kier alpha value is 0.134. The maximum Gasteiger partial charge on any atom is 0.166 e. The normalized spacial score (nSPS) is 43.2. The zero-order valence-electron chi connectivity index (χ0n) is 8.92. The highest BCUT2D eigenvalue weighted by Gasteiger charge is 2.45. The van der Waals surface area contributed by atoms with Gasteiger partial charge in [0.05, 0.1) is 0 Å². The second-order valence-corrected chi connectivity index (χ2v) is 8.54. The molecule has 4 atom stereocenters. The molecule has 2 fully saturated rings. The third-order valence-corrected chi connectivity index (χ3v) is 8.96. The van der Waals surface area contributed by atoms with Crippen LogP contribution in [-0.4, -0.2) is 19.5 Å². The Morgan fingerprint density at radius 2 is 2.31 bits per heavy atom. The lowest BCUT2D eigenvalue weighted by Crippen LogP contribution is -2.26. The summed E-state index contributed by atoms with van der Waals surface area (Å²) in [7, 11) is 0.0835. The largest absolute Gasteiger partial charge is 0.465 e. The van der Waals surface area contributed by atoms with Crippen LogP contribution in [0.5, 0.6) is 0 Å². The van der Waals surface area contributed by atoms with Crippen molar-refractivity contribution in [3.63, 3.8) is 0 Å². The predicted molar refractivity (Wildman–Crippen MR) is 62.4 cm³/mol. The van der Waals surface area contributed by atoms with E-state index in [0.717, 1.165) is 27.9 Å². The summed E-state index contributed by atoms with van der Waals surface area (Å²) >= 11 is 0. The molecule has 0 heterocycles. The van der Waals surface area contributed by atoms with Gasteiger partial charge in [-0.3, -0.25) is 0 Å². The molecule has 0 amide bonds. The molecule has 0 aromatic heterocycles. The van der Waals surface area contributed by atoms with E-state index in [1.165, 1.54) is 19.3 Å². The summed E-state index contributed by atoms with van der Waals surface area (Å²) < 4.78 is 5.76. The Labute approximate surface area is 85.8 Å². The Balaban J connectivity index is 2.18. The average molecular weight is 212 g/mol. The second-order valence-electron chi connectivity index (χ2n) is 4.53. The number of allylic oxidation sites excluding steroid dienone is 2. The van der Waals surface area contributed by atoms with Gasteiger partial charge in [-0.15, -0.1) is 0 Å². The first-order chi connectivity index (χ1) is 6.27. The van der Waals surface area contributed by atoms with Crippen molar-refractivity contribution in [2.24, 2.45) is 11.8 Å². The highest BCUT2D eigenvalue weighted by Crippen LogP contribution is 2.56. The van der Waals surface area contributed by atoms with Crippen molar-refractivity contribution in [1.29, 1.82) is 0 Å². The Morgan fingerprint density at radius 3 is 2.92 bits per heavy atom. The van der Waals surface area contributed by atoms with Crippen LogP contribution in [-0.2, 0) is 4.12 Å². The van der Waals surface area contributed by atoms with Crippen molar-refractivity contribution in [2.45, 2.75) is 38.3 Å². The molecule has 1 nitrogen and oxygen atoms in total. The zero-order valence-corrected chi connectivity index (χ0v) is 12.1. The van der Waals surface area contributed by atoms with Crippen molar-refractivity contribution >= 4 is 19.5 Å². The van der Waals surface area contributed by atoms with Crippen molar-refractivity contribution in [3.05, 3.63) is 11.6 Å². The molecule has 2 aliphatic carbocycles. The molecular weight excluding hydrogens is 192 g/mol. The maximum absolute atomic E-state index is 5.76. The fourth-order valence-corrected chi connectivity index (χ4v) is 6.71. The zero-order chi connectivity index (χ0) is 9.42. The molecule has 13 heavy (non-hydrogen) atoms. The molecule has 4 unspecified atom stereocenters. The van der Waals surface area contributed by atoms with E-state index in [1.54, 1.807) is 5.57 Å². The molecule has 0 aliphatic heterocycles. The van der Waals surface area contributed by atoms with Crippen LogP contribution >= 0.6 is 0 Å². The van der Waals surface area contributed by atoms with Gasteiger partial charge in [-0.05, 0) is 50.1 Å². The van der Waals surface area contributed by atoms with Crippen LogP contribution in [0.25, 0.3) is 0 Å². The van der Waals surface area contributed by atoms with Gasteiger partial charge in [-0.2, -0.15) is 0 Å². The summed E-state index contributed by atoms with van der Waals surface area (Å²) in [5.74, 6) is 1.96. The summed E-state index contributed by atoms with van der Waals surface area (Å²) in [6, 6.07) is 0. The molecule has 0 saturated heterocycles. The van der Waals surface area contributed by atoms with E-state index < -0.39 is 9.04 Å². The molecule has 2 bridgehead atoms. The molecule has 2 rings (SSSR count). The number of fused-ring (bicyclic) bond motifs is 2.